The summed E-state index contributed by atoms with van der Waals surface area (Å²) in [6.45, 7) is 2.37. The highest BCUT2D eigenvalue weighted by molar-refractivity contribution is 8.22. The summed E-state index contributed by atoms with van der Waals surface area (Å²) in [5.41, 5.74) is 0. The number of ether oxygens (including phenoxy) is 1. The molecule has 0 aliphatic heterocycles. The van der Waals surface area contributed by atoms with Gasteiger partial charge < -0.3 is 9.84 Å². The highest BCUT2D eigenvalue weighted by Gasteiger charge is 2.02. The zero-order valence-corrected chi connectivity index (χ0v) is 15.3. The van der Waals surface area contributed by atoms with Gasteiger partial charge in [-0.1, -0.05) is 6.92 Å². The van der Waals surface area contributed by atoms with E-state index in [0.29, 0.717) is 12.4 Å². The van der Waals surface area contributed by atoms with E-state index in [1.165, 1.54) is 0 Å². The fraction of sp³-hybridized carbons (Fsp3) is 0.909. The van der Waals surface area contributed by atoms with Crippen LogP contribution in [-0.2, 0) is 9.53 Å². The summed E-state index contributed by atoms with van der Waals surface area (Å²) in [4.78, 5) is 11.4. The number of aliphatic hydroxyl groups is 1. The van der Waals surface area contributed by atoms with Gasteiger partial charge in [0.1, 0.15) is 5.94 Å². The lowest BCUT2D eigenvalue weighted by atomic mass is 10.5. The molecule has 8 heteroatoms. The molecule has 0 saturated heterocycles. The maximum absolute atomic E-state index is 11.4. The summed E-state index contributed by atoms with van der Waals surface area (Å²) in [7, 11) is 0. The second kappa shape index (κ2) is 17.2. The molecule has 0 radical (unpaired) electrons. The van der Waals surface area contributed by atoms with Crippen LogP contribution in [0.25, 0.3) is 0 Å². The van der Waals surface area contributed by atoms with Crippen molar-refractivity contribution in [2.75, 3.05) is 45.1 Å². The van der Waals surface area contributed by atoms with Crippen LogP contribution in [0.1, 0.15) is 13.3 Å². The van der Waals surface area contributed by atoms with Crippen LogP contribution in [0.15, 0.2) is 0 Å². The van der Waals surface area contributed by atoms with Crippen LogP contribution in [0, 0.1) is 0 Å². The molecule has 0 rings (SSSR count). The van der Waals surface area contributed by atoms with Crippen LogP contribution in [-0.4, -0.2) is 56.1 Å². The molecule has 0 aliphatic rings. The average Bonchev–Trinajstić information content (AvgIpc) is 2.41. The second-order valence-corrected chi connectivity index (χ2v) is 9.68. The van der Waals surface area contributed by atoms with Gasteiger partial charge in [0.25, 0.3) is 0 Å². The molecule has 0 bridgehead atoms. The third-order valence-corrected chi connectivity index (χ3v) is 7.35. The number of carbonyl (C=O) groups excluding carboxylic acids is 1. The number of hydrogen-bond acceptors (Lipinski definition) is 8. The SMILES string of the molecule is CCSCSCSCCC(=O)OCSCSCCO. The van der Waals surface area contributed by atoms with Gasteiger partial charge in [0.15, 0.2) is 0 Å². The topological polar surface area (TPSA) is 46.5 Å². The number of rotatable bonds is 14. The number of esters is 1. The quantitative estimate of drug-likeness (QED) is 0.286. The predicted molar refractivity (Wildman–Crippen MR) is 95.5 cm³/mol. The molecule has 0 heterocycles. The minimum atomic E-state index is -0.111. The molecule has 1 N–H and O–H groups in total. The van der Waals surface area contributed by atoms with Crippen molar-refractivity contribution in [1.82, 2.24) is 0 Å². The van der Waals surface area contributed by atoms with E-state index in [0.717, 1.165) is 32.5 Å². The van der Waals surface area contributed by atoms with Crippen molar-refractivity contribution in [1.29, 1.82) is 0 Å². The first-order valence-electron chi connectivity index (χ1n) is 5.96. The van der Waals surface area contributed by atoms with E-state index in [-0.39, 0.29) is 12.6 Å². The molecule has 0 aromatic heterocycles. The molecular formula is C11H22O3S5. The molecule has 0 fully saturated rings. The fourth-order valence-electron chi connectivity index (χ4n) is 0.846. The number of carbonyl (C=O) groups is 1. The summed E-state index contributed by atoms with van der Waals surface area (Å²) in [6.07, 6.45) is 0.497. The van der Waals surface area contributed by atoms with E-state index >= 15 is 0 Å². The zero-order chi connectivity index (χ0) is 14.2. The molecule has 0 aromatic rings. The Morgan fingerprint density at radius 2 is 1.68 bits per heavy atom. The van der Waals surface area contributed by atoms with E-state index in [9.17, 15) is 4.79 Å². The Morgan fingerprint density at radius 3 is 2.42 bits per heavy atom. The van der Waals surface area contributed by atoms with Gasteiger partial charge in [-0.15, -0.1) is 35.3 Å². The zero-order valence-electron chi connectivity index (χ0n) is 11.2. The van der Waals surface area contributed by atoms with Crippen LogP contribution in [0.2, 0.25) is 0 Å². The van der Waals surface area contributed by atoms with Gasteiger partial charge in [0.2, 0.25) is 0 Å². The summed E-state index contributed by atoms with van der Waals surface area (Å²) >= 11 is 8.84. The van der Waals surface area contributed by atoms with Crippen molar-refractivity contribution in [3.8, 4) is 0 Å². The normalized spacial score (nSPS) is 10.6. The van der Waals surface area contributed by atoms with Gasteiger partial charge in [-0.2, -0.15) is 23.5 Å². The lowest BCUT2D eigenvalue weighted by Crippen LogP contribution is -2.05. The van der Waals surface area contributed by atoms with Crippen molar-refractivity contribution in [3.63, 3.8) is 0 Å². The van der Waals surface area contributed by atoms with Crippen LogP contribution in [0.4, 0.5) is 0 Å². The van der Waals surface area contributed by atoms with Gasteiger partial charge in [0, 0.05) is 26.8 Å². The summed E-state index contributed by atoms with van der Waals surface area (Å²) in [5.74, 6) is 3.06. The third kappa shape index (κ3) is 17.1. The Balaban J connectivity index is 3.13. The first-order valence-corrected chi connectivity index (χ1v) is 11.7. The Kier molecular flexibility index (Phi) is 18.3. The van der Waals surface area contributed by atoms with Crippen molar-refractivity contribution < 1.29 is 14.6 Å². The second-order valence-electron chi connectivity index (χ2n) is 3.18. The minimum Gasteiger partial charge on any atom is -0.455 e. The largest absolute Gasteiger partial charge is 0.455 e. The Morgan fingerprint density at radius 1 is 1.00 bits per heavy atom. The summed E-state index contributed by atoms with van der Waals surface area (Å²) in [6, 6.07) is 0. The van der Waals surface area contributed by atoms with Gasteiger partial charge in [-0.25, -0.2) is 0 Å². The summed E-state index contributed by atoms with van der Waals surface area (Å²) < 4.78 is 5.09. The third-order valence-electron chi connectivity index (χ3n) is 1.69. The lowest BCUT2D eigenvalue weighted by Gasteiger charge is -2.04. The number of aliphatic hydroxyl groups excluding tert-OH is 1. The smallest absolute Gasteiger partial charge is 0.307 e. The Hall–Kier alpha value is 1.18. The maximum atomic E-state index is 11.4. The van der Waals surface area contributed by atoms with E-state index in [2.05, 4.69) is 6.92 Å². The fourth-order valence-corrected chi connectivity index (χ4v) is 5.68. The number of hydrogen-bond donors (Lipinski definition) is 1. The lowest BCUT2D eigenvalue weighted by molar-refractivity contribution is -0.140. The molecule has 0 saturated carbocycles. The Bertz CT molecular complexity index is 207. The van der Waals surface area contributed by atoms with Crippen LogP contribution < -0.4 is 0 Å². The maximum Gasteiger partial charge on any atom is 0.307 e. The molecule has 0 amide bonds. The van der Waals surface area contributed by atoms with E-state index in [4.69, 9.17) is 9.84 Å². The van der Waals surface area contributed by atoms with Crippen molar-refractivity contribution in [3.05, 3.63) is 0 Å². The van der Waals surface area contributed by atoms with Gasteiger partial charge in [-0.3, -0.25) is 4.79 Å². The predicted octanol–water partition coefficient (Wildman–Crippen LogP) is 3.43. The van der Waals surface area contributed by atoms with E-state index < -0.39 is 0 Å². The van der Waals surface area contributed by atoms with Crippen LogP contribution >= 0.6 is 58.8 Å². The molecule has 0 aromatic carbocycles. The monoisotopic (exact) mass is 362 g/mol. The molecular weight excluding hydrogens is 340 g/mol. The Labute approximate surface area is 137 Å². The highest BCUT2D eigenvalue weighted by atomic mass is 32.2. The van der Waals surface area contributed by atoms with Gasteiger partial charge in [-0.05, 0) is 5.75 Å². The van der Waals surface area contributed by atoms with Crippen molar-refractivity contribution in [2.45, 2.75) is 13.3 Å². The first kappa shape index (κ1) is 20.2. The van der Waals surface area contributed by atoms with Gasteiger partial charge in [0.05, 0.1) is 13.0 Å². The molecule has 0 unspecified atom stereocenters. The van der Waals surface area contributed by atoms with E-state index in [1.807, 2.05) is 23.5 Å². The van der Waals surface area contributed by atoms with Crippen molar-refractivity contribution >= 4 is 64.8 Å². The van der Waals surface area contributed by atoms with Crippen molar-refractivity contribution in [2.24, 2.45) is 0 Å². The van der Waals surface area contributed by atoms with Crippen LogP contribution in [0.3, 0.4) is 0 Å². The summed E-state index contributed by atoms with van der Waals surface area (Å²) in [5, 5.41) is 11.6. The molecule has 114 valence electrons. The molecule has 0 spiro atoms. The average molecular weight is 363 g/mol. The standard InChI is InChI=1S/C11H22O3S5/c1-2-15-8-19-10-16-5-3-11(13)14-7-18-9-17-6-4-12/h12H,2-10H2,1H3. The molecule has 19 heavy (non-hydrogen) atoms. The highest BCUT2D eigenvalue weighted by Crippen LogP contribution is 2.18. The van der Waals surface area contributed by atoms with Gasteiger partial charge >= 0.3 is 5.97 Å². The van der Waals surface area contributed by atoms with E-state index in [1.54, 1.807) is 35.3 Å². The number of thioether (sulfide) groups is 5. The first-order chi connectivity index (χ1) is 9.31. The molecule has 3 nitrogen and oxygen atoms in total. The molecule has 0 atom stereocenters. The van der Waals surface area contributed by atoms with Crippen LogP contribution in [0.5, 0.6) is 0 Å². The minimum absolute atomic E-state index is 0.111. The molecule has 0 aliphatic carbocycles.